The van der Waals surface area contributed by atoms with Gasteiger partial charge in [-0.15, -0.1) is 10.2 Å². The van der Waals surface area contributed by atoms with Crippen molar-refractivity contribution < 1.29 is 4.79 Å². The number of carbonyl (C=O) groups is 1. The number of urea groups is 1. The molecule has 0 N–H and O–H groups in total. The number of nitrogens with zero attached hydrogens (tertiary/aromatic N) is 7. The lowest BCUT2D eigenvalue weighted by molar-refractivity contribution is 0.255. The second kappa shape index (κ2) is 8.79. The number of amides is 2. The zero-order chi connectivity index (χ0) is 23.7. The molecule has 34 heavy (non-hydrogen) atoms. The summed E-state index contributed by atoms with van der Waals surface area (Å²) in [6.07, 6.45) is 1.69. The van der Waals surface area contributed by atoms with Gasteiger partial charge in [-0.3, -0.25) is 9.80 Å². The predicted octanol–water partition coefficient (Wildman–Crippen LogP) is 5.59. The van der Waals surface area contributed by atoms with Gasteiger partial charge in [-0.2, -0.15) is 0 Å². The standard InChI is InChI=1S/C26H23N7O/c1-18(2)33-17-28-30-25(33)23-8-5-9-24(29-23)32-15-14-31(26(32)34)22-7-4-6-20(16-22)19-10-12-21(27-3)13-11-19/h4-13,16-18H,14-15H2,1-2H3. The summed E-state index contributed by atoms with van der Waals surface area (Å²) >= 11 is 0. The Hall–Kier alpha value is -4.51. The first kappa shape index (κ1) is 21.3. The minimum absolute atomic E-state index is 0.115. The first-order valence-electron chi connectivity index (χ1n) is 11.1. The molecule has 168 valence electrons. The summed E-state index contributed by atoms with van der Waals surface area (Å²) in [7, 11) is 0. The van der Waals surface area contributed by atoms with Crippen molar-refractivity contribution in [1.82, 2.24) is 19.7 Å². The Labute approximate surface area is 197 Å². The molecule has 8 nitrogen and oxygen atoms in total. The number of aromatic nitrogens is 4. The quantitative estimate of drug-likeness (QED) is 0.373. The maximum Gasteiger partial charge on any atom is 0.330 e. The minimum atomic E-state index is -0.115. The van der Waals surface area contributed by atoms with Crippen LogP contribution in [0.1, 0.15) is 19.9 Å². The Morgan fingerprint density at radius 3 is 2.47 bits per heavy atom. The van der Waals surface area contributed by atoms with Crippen molar-refractivity contribution in [2.24, 2.45) is 0 Å². The van der Waals surface area contributed by atoms with Crippen LogP contribution in [0.4, 0.5) is 22.0 Å². The predicted molar refractivity (Wildman–Crippen MR) is 132 cm³/mol. The van der Waals surface area contributed by atoms with Crippen LogP contribution < -0.4 is 9.80 Å². The van der Waals surface area contributed by atoms with Crippen molar-refractivity contribution in [1.29, 1.82) is 0 Å². The van der Waals surface area contributed by atoms with E-state index >= 15 is 0 Å². The molecule has 2 aromatic carbocycles. The molecule has 1 fully saturated rings. The smallest absolute Gasteiger partial charge is 0.310 e. The average molecular weight is 450 g/mol. The summed E-state index contributed by atoms with van der Waals surface area (Å²) in [5.41, 5.74) is 4.11. The number of pyridine rings is 1. The van der Waals surface area contributed by atoms with E-state index in [1.54, 1.807) is 28.3 Å². The van der Waals surface area contributed by atoms with Crippen LogP contribution in [0.2, 0.25) is 0 Å². The van der Waals surface area contributed by atoms with E-state index in [9.17, 15) is 4.79 Å². The zero-order valence-corrected chi connectivity index (χ0v) is 19.0. The van der Waals surface area contributed by atoms with E-state index in [0.29, 0.717) is 36.1 Å². The van der Waals surface area contributed by atoms with Crippen LogP contribution in [-0.2, 0) is 0 Å². The van der Waals surface area contributed by atoms with Gasteiger partial charge in [0.05, 0.1) is 6.57 Å². The first-order chi connectivity index (χ1) is 16.5. The molecule has 1 aliphatic heterocycles. The summed E-state index contributed by atoms with van der Waals surface area (Å²) in [6.45, 7) is 12.3. The number of hydrogen-bond acceptors (Lipinski definition) is 4. The SMILES string of the molecule is [C-]#[N+]c1ccc(-c2cccc(N3CCN(c4cccc(-c5nncn5C(C)C)n4)C3=O)c2)cc1. The summed E-state index contributed by atoms with van der Waals surface area (Å²) in [4.78, 5) is 25.0. The molecule has 8 heteroatoms. The molecule has 3 heterocycles. The van der Waals surface area contributed by atoms with Gasteiger partial charge in [0.15, 0.2) is 11.5 Å². The van der Waals surface area contributed by atoms with Crippen LogP contribution in [0.15, 0.2) is 73.1 Å². The topological polar surface area (TPSA) is 71.5 Å². The molecule has 5 rings (SSSR count). The van der Waals surface area contributed by atoms with Gasteiger partial charge < -0.3 is 4.57 Å². The monoisotopic (exact) mass is 449 g/mol. The molecule has 4 aromatic rings. The van der Waals surface area contributed by atoms with Crippen LogP contribution in [0.25, 0.3) is 27.5 Å². The number of rotatable bonds is 5. The van der Waals surface area contributed by atoms with Crippen molar-refractivity contribution in [3.8, 4) is 22.6 Å². The molecule has 1 aliphatic rings. The molecule has 2 aromatic heterocycles. The molecule has 0 atom stereocenters. The molecule has 0 unspecified atom stereocenters. The van der Waals surface area contributed by atoms with Crippen LogP contribution >= 0.6 is 0 Å². The van der Waals surface area contributed by atoms with E-state index in [4.69, 9.17) is 11.6 Å². The molecule has 0 spiro atoms. The van der Waals surface area contributed by atoms with Crippen molar-refractivity contribution in [3.63, 3.8) is 0 Å². The number of anilines is 2. The van der Waals surface area contributed by atoms with Gasteiger partial charge in [0.2, 0.25) is 0 Å². The third-order valence-corrected chi connectivity index (χ3v) is 5.87. The second-order valence-electron chi connectivity index (χ2n) is 8.33. The number of hydrogen-bond donors (Lipinski definition) is 0. The highest BCUT2D eigenvalue weighted by Crippen LogP contribution is 2.30. The first-order valence-corrected chi connectivity index (χ1v) is 11.1. The molecule has 1 saturated heterocycles. The lowest BCUT2D eigenvalue weighted by atomic mass is 10.0. The Bertz CT molecular complexity index is 1380. The number of benzene rings is 2. The molecule has 2 amide bonds. The molecule has 0 aliphatic carbocycles. The Morgan fingerprint density at radius 2 is 1.71 bits per heavy atom. The Kier molecular flexibility index (Phi) is 5.52. The summed E-state index contributed by atoms with van der Waals surface area (Å²) in [5.74, 6) is 1.27. The van der Waals surface area contributed by atoms with Crippen molar-refractivity contribution in [2.45, 2.75) is 19.9 Å². The maximum absolute atomic E-state index is 13.4. The largest absolute Gasteiger partial charge is 0.330 e. The van der Waals surface area contributed by atoms with Gasteiger partial charge in [0.1, 0.15) is 17.8 Å². The molecular formula is C26H23N7O. The average Bonchev–Trinajstić information content (AvgIpc) is 3.52. The Balaban J connectivity index is 1.40. The summed E-state index contributed by atoms with van der Waals surface area (Å²) in [6, 6.07) is 21.0. The zero-order valence-electron chi connectivity index (χ0n) is 19.0. The molecular weight excluding hydrogens is 426 g/mol. The van der Waals surface area contributed by atoms with E-state index in [2.05, 4.69) is 28.9 Å². The van der Waals surface area contributed by atoms with Gasteiger partial charge >= 0.3 is 6.03 Å². The van der Waals surface area contributed by atoms with Gasteiger partial charge in [0.25, 0.3) is 0 Å². The van der Waals surface area contributed by atoms with Gasteiger partial charge in [-0.25, -0.2) is 14.6 Å². The second-order valence-corrected chi connectivity index (χ2v) is 8.33. The minimum Gasteiger partial charge on any atom is -0.310 e. The van der Waals surface area contributed by atoms with Crippen molar-refractivity contribution in [2.75, 3.05) is 22.9 Å². The van der Waals surface area contributed by atoms with E-state index < -0.39 is 0 Å². The van der Waals surface area contributed by atoms with Crippen LogP contribution in [0.3, 0.4) is 0 Å². The van der Waals surface area contributed by atoms with E-state index in [-0.39, 0.29) is 12.1 Å². The van der Waals surface area contributed by atoms with Crippen LogP contribution in [-0.4, -0.2) is 38.9 Å². The fourth-order valence-electron chi connectivity index (χ4n) is 4.07. The van der Waals surface area contributed by atoms with Crippen LogP contribution in [0, 0.1) is 6.57 Å². The number of carbonyl (C=O) groups excluding carboxylic acids is 1. The van der Waals surface area contributed by atoms with E-state index in [1.165, 1.54) is 0 Å². The lowest BCUT2D eigenvalue weighted by Gasteiger charge is -2.19. The van der Waals surface area contributed by atoms with E-state index in [0.717, 1.165) is 16.8 Å². The van der Waals surface area contributed by atoms with Crippen molar-refractivity contribution in [3.05, 3.63) is 84.5 Å². The van der Waals surface area contributed by atoms with Crippen molar-refractivity contribution >= 4 is 23.2 Å². The molecule has 0 bridgehead atoms. The highest BCUT2D eigenvalue weighted by molar-refractivity contribution is 6.06. The Morgan fingerprint density at radius 1 is 0.941 bits per heavy atom. The molecule has 0 radical (unpaired) electrons. The highest BCUT2D eigenvalue weighted by Gasteiger charge is 2.32. The fourth-order valence-corrected chi connectivity index (χ4v) is 4.07. The maximum atomic E-state index is 13.4. The third kappa shape index (κ3) is 3.88. The highest BCUT2D eigenvalue weighted by atomic mass is 16.2. The summed E-state index contributed by atoms with van der Waals surface area (Å²) in [5, 5.41) is 8.25. The normalized spacial score (nSPS) is 13.5. The summed E-state index contributed by atoms with van der Waals surface area (Å²) < 4.78 is 1.96. The van der Waals surface area contributed by atoms with E-state index in [1.807, 2.05) is 59.2 Å². The molecule has 0 saturated carbocycles. The van der Waals surface area contributed by atoms with Crippen LogP contribution in [0.5, 0.6) is 0 Å². The van der Waals surface area contributed by atoms with Gasteiger partial charge in [-0.05, 0) is 49.2 Å². The van der Waals surface area contributed by atoms with Gasteiger partial charge in [-0.1, -0.05) is 42.5 Å². The lowest BCUT2D eigenvalue weighted by Crippen LogP contribution is -2.32. The fraction of sp³-hybridized carbons (Fsp3) is 0.192. The third-order valence-electron chi connectivity index (χ3n) is 5.87. The van der Waals surface area contributed by atoms with Gasteiger partial charge in [0, 0.05) is 24.8 Å².